The summed E-state index contributed by atoms with van der Waals surface area (Å²) in [5, 5.41) is 0. The quantitative estimate of drug-likeness (QED) is 0.205. The third kappa shape index (κ3) is 14.9. The van der Waals surface area contributed by atoms with E-state index in [4.69, 9.17) is 18.9 Å². The number of hydrogen-bond donors (Lipinski definition) is 0. The van der Waals surface area contributed by atoms with Gasteiger partial charge in [0, 0.05) is 14.0 Å². The first kappa shape index (κ1) is 29.5. The largest absolute Gasteiger partial charge is 0.463 e. The van der Waals surface area contributed by atoms with Crippen molar-refractivity contribution in [3.63, 3.8) is 0 Å². The van der Waals surface area contributed by atoms with E-state index in [1.54, 1.807) is 14.0 Å². The number of methoxy groups -OCH3 is 1. The first-order valence-electron chi connectivity index (χ1n) is 9.96. The van der Waals surface area contributed by atoms with E-state index in [0.29, 0.717) is 19.6 Å². The molecule has 0 aromatic heterocycles. The monoisotopic (exact) mass is 420 g/mol. The van der Waals surface area contributed by atoms with Crippen LogP contribution in [0.3, 0.4) is 0 Å². The molecule has 0 saturated heterocycles. The molecule has 0 N–H and O–H groups in total. The van der Waals surface area contributed by atoms with Gasteiger partial charge in [0.05, 0.1) is 24.0 Å². The molecule has 0 fully saturated rings. The summed E-state index contributed by atoms with van der Waals surface area (Å²) in [5.74, 6) is -0.799. The van der Waals surface area contributed by atoms with Gasteiger partial charge in [0.15, 0.2) is 6.29 Å². The molecular weight excluding hydrogens is 380 g/mol. The minimum Gasteiger partial charge on any atom is -0.463 e. The minimum absolute atomic E-state index is 0.151. The Balaban J connectivity index is 0. The number of hydrogen-bond acceptors (Lipinski definition) is 8. The van der Waals surface area contributed by atoms with Crippen molar-refractivity contribution >= 4 is 17.9 Å². The second kappa shape index (κ2) is 15.2. The molecule has 172 valence electrons. The molecule has 0 saturated carbocycles. The molecule has 0 aliphatic heterocycles. The SMILES string of the molecule is CCC(C)(C)C(=O)OC(C)OCCOC(C)=O.CCC(C)(C)C(=O)OCCOC. The lowest BCUT2D eigenvalue weighted by Crippen LogP contribution is -2.30. The number of ether oxygens (including phenoxy) is 5. The molecule has 0 rings (SSSR count). The summed E-state index contributed by atoms with van der Waals surface area (Å²) in [4.78, 5) is 33.4. The van der Waals surface area contributed by atoms with Crippen molar-refractivity contribution in [3.05, 3.63) is 0 Å². The summed E-state index contributed by atoms with van der Waals surface area (Å²) in [5.41, 5.74) is -0.874. The summed E-state index contributed by atoms with van der Waals surface area (Å²) in [6, 6.07) is 0. The highest BCUT2D eigenvalue weighted by molar-refractivity contribution is 5.76. The molecule has 29 heavy (non-hydrogen) atoms. The highest BCUT2D eigenvalue weighted by Gasteiger charge is 2.28. The zero-order chi connectivity index (χ0) is 23.1. The van der Waals surface area contributed by atoms with Crippen LogP contribution in [0.4, 0.5) is 0 Å². The number of carbonyl (C=O) groups excluding carboxylic acids is 3. The van der Waals surface area contributed by atoms with Crippen molar-refractivity contribution in [1.82, 2.24) is 0 Å². The van der Waals surface area contributed by atoms with Crippen LogP contribution in [0.2, 0.25) is 0 Å². The predicted octanol–water partition coefficient (Wildman–Crippen LogP) is 3.50. The van der Waals surface area contributed by atoms with Crippen molar-refractivity contribution < 1.29 is 38.1 Å². The summed E-state index contributed by atoms with van der Waals surface area (Å²) in [7, 11) is 1.58. The van der Waals surface area contributed by atoms with Gasteiger partial charge < -0.3 is 23.7 Å². The lowest BCUT2D eigenvalue weighted by molar-refractivity contribution is -0.187. The minimum atomic E-state index is -0.635. The topological polar surface area (TPSA) is 97.4 Å². The molecule has 8 nitrogen and oxygen atoms in total. The Morgan fingerprint density at radius 1 is 0.793 bits per heavy atom. The Morgan fingerprint density at radius 3 is 1.72 bits per heavy atom. The van der Waals surface area contributed by atoms with Crippen LogP contribution in [0.25, 0.3) is 0 Å². The molecule has 1 atom stereocenters. The Kier molecular flexibility index (Phi) is 15.5. The van der Waals surface area contributed by atoms with Crippen LogP contribution in [-0.2, 0) is 38.1 Å². The zero-order valence-electron chi connectivity index (χ0n) is 19.6. The first-order valence-corrected chi connectivity index (χ1v) is 9.96. The van der Waals surface area contributed by atoms with Gasteiger partial charge in [-0.2, -0.15) is 0 Å². The van der Waals surface area contributed by atoms with Gasteiger partial charge in [0.1, 0.15) is 13.2 Å². The fourth-order valence-corrected chi connectivity index (χ4v) is 1.45. The molecular formula is C21H40O8. The molecule has 0 aliphatic rings. The fraction of sp³-hybridized carbons (Fsp3) is 0.857. The van der Waals surface area contributed by atoms with Gasteiger partial charge in [0.25, 0.3) is 0 Å². The Hall–Kier alpha value is -1.67. The molecule has 0 spiro atoms. The Morgan fingerprint density at radius 2 is 1.28 bits per heavy atom. The van der Waals surface area contributed by atoms with Crippen LogP contribution in [0.1, 0.15) is 68.2 Å². The molecule has 0 aromatic rings. The van der Waals surface area contributed by atoms with Gasteiger partial charge in [-0.05, 0) is 47.5 Å². The van der Waals surface area contributed by atoms with Gasteiger partial charge >= 0.3 is 17.9 Å². The maximum absolute atomic E-state index is 11.7. The van der Waals surface area contributed by atoms with Crippen molar-refractivity contribution in [2.24, 2.45) is 10.8 Å². The highest BCUT2D eigenvalue weighted by Crippen LogP contribution is 2.22. The second-order valence-corrected chi connectivity index (χ2v) is 7.79. The highest BCUT2D eigenvalue weighted by atomic mass is 16.7. The normalized spacial score (nSPS) is 12.3. The molecule has 0 amide bonds. The predicted molar refractivity (Wildman–Crippen MR) is 109 cm³/mol. The van der Waals surface area contributed by atoms with E-state index < -0.39 is 11.7 Å². The zero-order valence-corrected chi connectivity index (χ0v) is 19.6. The van der Waals surface area contributed by atoms with Gasteiger partial charge in [0.2, 0.25) is 0 Å². The maximum Gasteiger partial charge on any atom is 0.313 e. The fourth-order valence-electron chi connectivity index (χ4n) is 1.45. The number of esters is 3. The van der Waals surface area contributed by atoms with Crippen LogP contribution in [0.5, 0.6) is 0 Å². The molecule has 1 unspecified atom stereocenters. The third-order valence-corrected chi connectivity index (χ3v) is 4.41. The first-order chi connectivity index (χ1) is 13.3. The molecule has 0 aromatic carbocycles. The molecule has 8 heteroatoms. The summed E-state index contributed by atoms with van der Waals surface area (Å²) < 4.78 is 24.7. The van der Waals surface area contributed by atoms with E-state index in [0.717, 1.165) is 6.42 Å². The average Bonchev–Trinajstić information content (AvgIpc) is 2.65. The lowest BCUT2D eigenvalue weighted by Gasteiger charge is -2.23. The van der Waals surface area contributed by atoms with Gasteiger partial charge in [-0.3, -0.25) is 14.4 Å². The Labute approximate surface area is 175 Å². The van der Waals surface area contributed by atoms with E-state index in [9.17, 15) is 14.4 Å². The van der Waals surface area contributed by atoms with E-state index in [1.165, 1.54) is 6.92 Å². The van der Waals surface area contributed by atoms with Crippen molar-refractivity contribution in [3.8, 4) is 0 Å². The van der Waals surface area contributed by atoms with Gasteiger partial charge in [-0.1, -0.05) is 13.8 Å². The summed E-state index contributed by atoms with van der Waals surface area (Å²) >= 11 is 0. The smallest absolute Gasteiger partial charge is 0.313 e. The second-order valence-electron chi connectivity index (χ2n) is 7.79. The van der Waals surface area contributed by atoms with E-state index >= 15 is 0 Å². The van der Waals surface area contributed by atoms with Crippen molar-refractivity contribution in [2.45, 2.75) is 74.5 Å². The van der Waals surface area contributed by atoms with Crippen molar-refractivity contribution in [2.75, 3.05) is 33.5 Å². The van der Waals surface area contributed by atoms with Crippen LogP contribution in [-0.4, -0.2) is 57.7 Å². The molecule has 0 bridgehead atoms. The van der Waals surface area contributed by atoms with Crippen LogP contribution >= 0.6 is 0 Å². The maximum atomic E-state index is 11.7. The van der Waals surface area contributed by atoms with Crippen molar-refractivity contribution in [1.29, 1.82) is 0 Å². The number of rotatable bonds is 12. The van der Waals surface area contributed by atoms with Gasteiger partial charge in [-0.15, -0.1) is 0 Å². The molecule has 0 aliphatic carbocycles. The van der Waals surface area contributed by atoms with E-state index in [1.807, 2.05) is 41.5 Å². The number of carbonyl (C=O) groups is 3. The Bertz CT molecular complexity index is 485. The van der Waals surface area contributed by atoms with Crippen LogP contribution in [0, 0.1) is 10.8 Å². The van der Waals surface area contributed by atoms with Crippen LogP contribution < -0.4 is 0 Å². The molecule has 0 heterocycles. The standard InChI is InChI=1S/C12H22O5.C9H18O3/c1-6-12(4,5)11(14)17-10(3)16-8-7-15-9(2)13;1-5-9(2,3)8(10)12-7-6-11-4/h10H,6-8H2,1-5H3;5-7H2,1-4H3. The lowest BCUT2D eigenvalue weighted by atomic mass is 9.91. The van der Waals surface area contributed by atoms with Gasteiger partial charge in [-0.25, -0.2) is 0 Å². The van der Waals surface area contributed by atoms with E-state index in [2.05, 4.69) is 4.74 Å². The summed E-state index contributed by atoms with van der Waals surface area (Å²) in [6.07, 6.45) is 0.856. The average molecular weight is 421 g/mol. The summed E-state index contributed by atoms with van der Waals surface area (Å²) in [6.45, 7) is 15.4. The van der Waals surface area contributed by atoms with E-state index in [-0.39, 0.29) is 36.5 Å². The van der Waals surface area contributed by atoms with Crippen LogP contribution in [0.15, 0.2) is 0 Å². The third-order valence-electron chi connectivity index (χ3n) is 4.41. The molecule has 0 radical (unpaired) electrons.